The van der Waals surface area contributed by atoms with Gasteiger partial charge in [-0.1, -0.05) is 30.3 Å². The first-order chi connectivity index (χ1) is 14.1. The Morgan fingerprint density at radius 1 is 1.28 bits per heavy atom. The molecule has 0 aliphatic carbocycles. The highest BCUT2D eigenvalue weighted by Gasteiger charge is 2.25. The fraction of sp³-hybridized carbons (Fsp3) is 0.381. The molecule has 2 aromatic rings. The Kier molecular flexibility index (Phi) is 6.89. The molecule has 0 aromatic heterocycles. The zero-order chi connectivity index (χ0) is 20.6. The number of ether oxygens (including phenoxy) is 1. The summed E-state index contributed by atoms with van der Waals surface area (Å²) in [7, 11) is 1.68. The van der Waals surface area contributed by atoms with Crippen LogP contribution < -0.4 is 20.3 Å². The Bertz CT molecular complexity index is 871. The number of rotatable bonds is 7. The van der Waals surface area contributed by atoms with Crippen molar-refractivity contribution in [2.24, 2.45) is 4.99 Å². The summed E-state index contributed by atoms with van der Waals surface area (Å²) in [5.41, 5.74) is 1.77. The minimum atomic E-state index is -0.368. The van der Waals surface area contributed by atoms with Gasteiger partial charge in [0.05, 0.1) is 29.8 Å². The molecule has 1 aliphatic rings. The lowest BCUT2D eigenvalue weighted by atomic mass is 10.2. The second kappa shape index (κ2) is 9.77. The monoisotopic (exact) mass is 397 g/mol. The fourth-order valence-corrected chi connectivity index (χ4v) is 3.49. The zero-order valence-electron chi connectivity index (χ0n) is 16.8. The maximum absolute atomic E-state index is 11.2. The van der Waals surface area contributed by atoms with Crippen molar-refractivity contribution < 1.29 is 9.66 Å². The molecule has 1 atom stereocenters. The predicted molar refractivity (Wildman–Crippen MR) is 115 cm³/mol. The zero-order valence-corrected chi connectivity index (χ0v) is 16.8. The molecule has 0 radical (unpaired) electrons. The Morgan fingerprint density at radius 3 is 2.79 bits per heavy atom. The molecule has 1 unspecified atom stereocenters. The number of benzene rings is 2. The molecule has 8 nitrogen and oxygen atoms in total. The van der Waals surface area contributed by atoms with E-state index in [0.717, 1.165) is 30.9 Å². The number of nitrogens with one attached hydrogen (secondary N) is 2. The summed E-state index contributed by atoms with van der Waals surface area (Å²) >= 11 is 0. The van der Waals surface area contributed by atoms with Crippen LogP contribution in [0.3, 0.4) is 0 Å². The molecule has 0 saturated carbocycles. The number of anilines is 1. The van der Waals surface area contributed by atoms with Gasteiger partial charge in [-0.05, 0) is 25.5 Å². The first kappa shape index (κ1) is 20.4. The fourth-order valence-electron chi connectivity index (χ4n) is 3.49. The van der Waals surface area contributed by atoms with Crippen LogP contribution in [-0.4, -0.2) is 43.7 Å². The summed E-state index contributed by atoms with van der Waals surface area (Å²) in [4.78, 5) is 17.7. The number of hydrogen-bond donors (Lipinski definition) is 2. The smallest absolute Gasteiger partial charge is 0.274 e. The van der Waals surface area contributed by atoms with Crippen LogP contribution in [0.25, 0.3) is 0 Å². The van der Waals surface area contributed by atoms with E-state index in [1.165, 1.54) is 6.07 Å². The van der Waals surface area contributed by atoms with Crippen molar-refractivity contribution >= 4 is 17.3 Å². The quantitative estimate of drug-likeness (QED) is 0.323. The minimum absolute atomic E-state index is 0.0929. The van der Waals surface area contributed by atoms with Gasteiger partial charge in [0.25, 0.3) is 5.69 Å². The largest absolute Gasteiger partial charge is 0.495 e. The van der Waals surface area contributed by atoms with Crippen molar-refractivity contribution in [3.63, 3.8) is 0 Å². The minimum Gasteiger partial charge on any atom is -0.495 e. The van der Waals surface area contributed by atoms with Crippen molar-refractivity contribution in [3.05, 3.63) is 64.2 Å². The lowest BCUT2D eigenvalue weighted by molar-refractivity contribution is -0.385. The molecule has 3 rings (SSSR count). The van der Waals surface area contributed by atoms with Gasteiger partial charge in [0.15, 0.2) is 5.96 Å². The first-order valence-corrected chi connectivity index (χ1v) is 9.77. The number of methoxy groups -OCH3 is 1. The van der Waals surface area contributed by atoms with E-state index in [0.29, 0.717) is 18.1 Å². The lowest BCUT2D eigenvalue weighted by Gasteiger charge is -2.22. The van der Waals surface area contributed by atoms with Crippen LogP contribution in [0.15, 0.2) is 53.5 Å². The summed E-state index contributed by atoms with van der Waals surface area (Å²) in [6.45, 7) is 4.71. The first-order valence-electron chi connectivity index (χ1n) is 9.77. The molecule has 1 heterocycles. The molecule has 2 N–H and O–H groups in total. The van der Waals surface area contributed by atoms with Crippen LogP contribution in [0.2, 0.25) is 0 Å². The van der Waals surface area contributed by atoms with Gasteiger partial charge in [0.1, 0.15) is 5.75 Å². The molecule has 154 valence electrons. The van der Waals surface area contributed by atoms with E-state index in [1.807, 2.05) is 25.1 Å². The van der Waals surface area contributed by atoms with E-state index >= 15 is 0 Å². The molecule has 2 aromatic carbocycles. The van der Waals surface area contributed by atoms with Gasteiger partial charge < -0.3 is 20.3 Å². The second-order valence-corrected chi connectivity index (χ2v) is 6.83. The van der Waals surface area contributed by atoms with Crippen molar-refractivity contribution in [2.45, 2.75) is 25.9 Å². The Hall–Kier alpha value is -3.29. The van der Waals surface area contributed by atoms with Crippen molar-refractivity contribution in [2.75, 3.05) is 31.6 Å². The molecule has 1 saturated heterocycles. The normalized spacial score (nSPS) is 16.6. The number of hydrogen-bond acceptors (Lipinski definition) is 5. The molecule has 0 amide bonds. The van der Waals surface area contributed by atoms with Crippen LogP contribution in [0.4, 0.5) is 11.4 Å². The van der Waals surface area contributed by atoms with Crippen LogP contribution in [0.1, 0.15) is 18.9 Å². The maximum Gasteiger partial charge on any atom is 0.274 e. The SMILES string of the molecule is CCNC(=NCc1ccccc1[N+](=O)[O-])NC1CCN(c2ccccc2OC)C1. The number of aliphatic imine (C=N–C) groups is 1. The van der Waals surface area contributed by atoms with Gasteiger partial charge in [-0.25, -0.2) is 4.99 Å². The Labute approximate surface area is 170 Å². The molecule has 29 heavy (non-hydrogen) atoms. The predicted octanol–water partition coefficient (Wildman–Crippen LogP) is 2.94. The van der Waals surface area contributed by atoms with Crippen LogP contribution >= 0.6 is 0 Å². The van der Waals surface area contributed by atoms with E-state index in [4.69, 9.17) is 4.74 Å². The van der Waals surface area contributed by atoms with E-state index < -0.39 is 0 Å². The number of guanidine groups is 1. The standard InChI is InChI=1S/C21H27N5O3/c1-3-22-21(23-14-16-8-4-5-9-18(16)26(27)28)24-17-12-13-25(15-17)19-10-6-7-11-20(19)29-2/h4-11,17H,3,12-15H2,1-2H3,(H2,22,23,24). The highest BCUT2D eigenvalue weighted by molar-refractivity contribution is 5.80. The van der Waals surface area contributed by atoms with Gasteiger partial charge in [0.2, 0.25) is 0 Å². The van der Waals surface area contributed by atoms with Crippen LogP contribution in [0.5, 0.6) is 5.75 Å². The van der Waals surface area contributed by atoms with Gasteiger partial charge in [-0.3, -0.25) is 10.1 Å². The number of para-hydroxylation sites is 3. The summed E-state index contributed by atoms with van der Waals surface area (Å²) < 4.78 is 5.48. The maximum atomic E-state index is 11.2. The highest BCUT2D eigenvalue weighted by Crippen LogP contribution is 2.30. The van der Waals surface area contributed by atoms with E-state index in [2.05, 4.69) is 26.6 Å². The third kappa shape index (κ3) is 5.16. The highest BCUT2D eigenvalue weighted by atomic mass is 16.6. The van der Waals surface area contributed by atoms with Gasteiger partial charge in [-0.2, -0.15) is 0 Å². The van der Waals surface area contributed by atoms with E-state index in [1.54, 1.807) is 25.3 Å². The average molecular weight is 397 g/mol. The van der Waals surface area contributed by atoms with Crippen molar-refractivity contribution in [1.82, 2.24) is 10.6 Å². The molecule has 0 bridgehead atoms. The molecular formula is C21H27N5O3. The third-order valence-corrected chi connectivity index (χ3v) is 4.90. The number of nitro groups is 1. The van der Waals surface area contributed by atoms with E-state index in [-0.39, 0.29) is 23.2 Å². The van der Waals surface area contributed by atoms with Gasteiger partial charge >= 0.3 is 0 Å². The second-order valence-electron chi connectivity index (χ2n) is 6.83. The summed E-state index contributed by atoms with van der Waals surface area (Å²) in [5.74, 6) is 1.53. The van der Waals surface area contributed by atoms with Crippen LogP contribution in [-0.2, 0) is 6.54 Å². The molecule has 8 heteroatoms. The summed E-state index contributed by atoms with van der Waals surface area (Å²) in [5, 5.41) is 17.9. The molecule has 1 fully saturated rings. The third-order valence-electron chi connectivity index (χ3n) is 4.90. The van der Waals surface area contributed by atoms with Gasteiger partial charge in [-0.15, -0.1) is 0 Å². The summed E-state index contributed by atoms with van der Waals surface area (Å²) in [6.07, 6.45) is 0.966. The number of nitrogens with zero attached hydrogens (tertiary/aromatic N) is 3. The molecule has 0 spiro atoms. The average Bonchev–Trinajstić information content (AvgIpc) is 3.20. The topological polar surface area (TPSA) is 92.0 Å². The van der Waals surface area contributed by atoms with Crippen LogP contribution in [0, 0.1) is 10.1 Å². The Balaban J connectivity index is 1.67. The van der Waals surface area contributed by atoms with Crippen molar-refractivity contribution in [3.8, 4) is 5.75 Å². The lowest BCUT2D eigenvalue weighted by Crippen LogP contribution is -2.44. The molecule has 1 aliphatic heterocycles. The molecular weight excluding hydrogens is 370 g/mol. The van der Waals surface area contributed by atoms with E-state index in [9.17, 15) is 10.1 Å². The summed E-state index contributed by atoms with van der Waals surface area (Å²) in [6, 6.07) is 14.9. The Morgan fingerprint density at radius 2 is 2.03 bits per heavy atom. The van der Waals surface area contributed by atoms with Gasteiger partial charge in [0, 0.05) is 31.7 Å². The van der Waals surface area contributed by atoms with Crippen molar-refractivity contribution in [1.29, 1.82) is 0 Å². The number of nitro benzene ring substituents is 1.